The smallest absolute Gasteiger partial charge is 0.137 e. The van der Waals surface area contributed by atoms with Gasteiger partial charge in [-0.05, 0) is 32.0 Å². The van der Waals surface area contributed by atoms with E-state index in [9.17, 15) is 0 Å². The predicted molar refractivity (Wildman–Crippen MR) is 91.9 cm³/mol. The fourth-order valence-electron chi connectivity index (χ4n) is 3.38. The number of hydrogen-bond donors (Lipinski definition) is 0. The summed E-state index contributed by atoms with van der Waals surface area (Å²) in [4.78, 5) is 7.11. The van der Waals surface area contributed by atoms with Gasteiger partial charge in [0, 0.05) is 37.7 Å². The lowest BCUT2D eigenvalue weighted by molar-refractivity contribution is -0.0407. The Hall–Kier alpha value is -2.18. The molecule has 24 heavy (non-hydrogen) atoms. The Morgan fingerprint density at radius 1 is 1.29 bits per heavy atom. The minimum atomic E-state index is 0.175. The molecular weight excluding hydrogens is 302 g/mol. The van der Waals surface area contributed by atoms with Gasteiger partial charge in [0.05, 0.1) is 30.6 Å². The first-order valence-electron chi connectivity index (χ1n) is 8.45. The Bertz CT molecular complexity index is 804. The summed E-state index contributed by atoms with van der Waals surface area (Å²) < 4.78 is 10.1. The SMILES string of the molecule is Cc1cc(C)n(C[C@@H]2CN(Cc3cn4ccccc4n3)CCO2)n1. The molecule has 0 spiro atoms. The third kappa shape index (κ3) is 3.20. The molecule has 6 heteroatoms. The first-order valence-corrected chi connectivity index (χ1v) is 8.45. The number of rotatable bonds is 4. The molecule has 1 fully saturated rings. The molecule has 0 aromatic carbocycles. The van der Waals surface area contributed by atoms with E-state index in [1.165, 1.54) is 5.69 Å². The summed E-state index contributed by atoms with van der Waals surface area (Å²) in [6.45, 7) is 8.41. The molecule has 126 valence electrons. The third-order valence-electron chi connectivity index (χ3n) is 4.50. The van der Waals surface area contributed by atoms with E-state index in [-0.39, 0.29) is 6.10 Å². The molecular formula is C18H23N5O. The number of aryl methyl sites for hydroxylation is 2. The number of nitrogens with zero attached hydrogens (tertiary/aromatic N) is 5. The Balaban J connectivity index is 1.42. The van der Waals surface area contributed by atoms with Crippen LogP contribution in [0.15, 0.2) is 36.7 Å². The summed E-state index contributed by atoms with van der Waals surface area (Å²) in [7, 11) is 0. The molecule has 0 amide bonds. The lowest BCUT2D eigenvalue weighted by atomic mass is 10.2. The number of ether oxygens (including phenoxy) is 1. The van der Waals surface area contributed by atoms with E-state index in [1.807, 2.05) is 31.3 Å². The van der Waals surface area contributed by atoms with Crippen molar-refractivity contribution in [1.29, 1.82) is 0 Å². The third-order valence-corrected chi connectivity index (χ3v) is 4.50. The average molecular weight is 325 g/mol. The van der Waals surface area contributed by atoms with Gasteiger partial charge >= 0.3 is 0 Å². The van der Waals surface area contributed by atoms with Crippen molar-refractivity contribution in [2.24, 2.45) is 0 Å². The Kier molecular flexibility index (Phi) is 4.08. The molecule has 6 nitrogen and oxygen atoms in total. The van der Waals surface area contributed by atoms with E-state index in [0.29, 0.717) is 0 Å². The quantitative estimate of drug-likeness (QED) is 0.736. The normalized spacial score (nSPS) is 19.2. The molecule has 1 saturated heterocycles. The van der Waals surface area contributed by atoms with Gasteiger partial charge in [0.1, 0.15) is 5.65 Å². The zero-order valence-corrected chi connectivity index (χ0v) is 14.2. The molecule has 1 aliphatic rings. The van der Waals surface area contributed by atoms with Gasteiger partial charge in [0.2, 0.25) is 0 Å². The van der Waals surface area contributed by atoms with Crippen LogP contribution in [-0.4, -0.2) is 49.9 Å². The summed E-state index contributed by atoms with van der Waals surface area (Å²) >= 11 is 0. The number of morpholine rings is 1. The number of fused-ring (bicyclic) bond motifs is 1. The maximum absolute atomic E-state index is 5.94. The van der Waals surface area contributed by atoms with Crippen LogP contribution < -0.4 is 0 Å². The van der Waals surface area contributed by atoms with Crippen LogP contribution in [0.4, 0.5) is 0 Å². The summed E-state index contributed by atoms with van der Waals surface area (Å²) in [5.41, 5.74) is 4.35. The van der Waals surface area contributed by atoms with Crippen LogP contribution in [0, 0.1) is 13.8 Å². The lowest BCUT2D eigenvalue weighted by Crippen LogP contribution is -2.44. The zero-order valence-electron chi connectivity index (χ0n) is 14.2. The van der Waals surface area contributed by atoms with Gasteiger partial charge in [-0.1, -0.05) is 6.07 Å². The van der Waals surface area contributed by atoms with E-state index in [4.69, 9.17) is 9.72 Å². The lowest BCUT2D eigenvalue weighted by Gasteiger charge is -2.32. The summed E-state index contributed by atoms with van der Waals surface area (Å²) in [6, 6.07) is 8.19. The average Bonchev–Trinajstić information content (AvgIpc) is 3.10. The molecule has 1 aliphatic heterocycles. The van der Waals surface area contributed by atoms with Crippen molar-refractivity contribution in [3.05, 3.63) is 53.7 Å². The highest BCUT2D eigenvalue weighted by Gasteiger charge is 2.22. The number of hydrogen-bond acceptors (Lipinski definition) is 4. The van der Waals surface area contributed by atoms with Gasteiger partial charge in [-0.25, -0.2) is 4.98 Å². The second kappa shape index (κ2) is 6.37. The summed E-state index contributed by atoms with van der Waals surface area (Å²) in [6.07, 6.45) is 4.33. The Morgan fingerprint density at radius 3 is 3.00 bits per heavy atom. The highest BCUT2D eigenvalue weighted by atomic mass is 16.5. The van der Waals surface area contributed by atoms with Crippen LogP contribution >= 0.6 is 0 Å². The number of imidazole rings is 1. The van der Waals surface area contributed by atoms with Crippen molar-refractivity contribution >= 4 is 5.65 Å². The molecule has 4 heterocycles. The van der Waals surface area contributed by atoms with Crippen LogP contribution in [0.5, 0.6) is 0 Å². The molecule has 0 saturated carbocycles. The first-order chi connectivity index (χ1) is 11.7. The Morgan fingerprint density at radius 2 is 2.21 bits per heavy atom. The van der Waals surface area contributed by atoms with E-state index < -0.39 is 0 Å². The molecule has 1 atom stereocenters. The van der Waals surface area contributed by atoms with Crippen LogP contribution in [-0.2, 0) is 17.8 Å². The van der Waals surface area contributed by atoms with Crippen molar-refractivity contribution in [2.45, 2.75) is 33.0 Å². The van der Waals surface area contributed by atoms with Crippen molar-refractivity contribution in [1.82, 2.24) is 24.1 Å². The monoisotopic (exact) mass is 325 g/mol. The van der Waals surface area contributed by atoms with E-state index in [1.54, 1.807) is 0 Å². The molecule has 0 aliphatic carbocycles. The van der Waals surface area contributed by atoms with Gasteiger partial charge in [-0.2, -0.15) is 5.10 Å². The zero-order chi connectivity index (χ0) is 16.5. The fourth-order valence-corrected chi connectivity index (χ4v) is 3.38. The summed E-state index contributed by atoms with van der Waals surface area (Å²) in [5.74, 6) is 0. The van der Waals surface area contributed by atoms with Gasteiger partial charge < -0.3 is 9.14 Å². The fraction of sp³-hybridized carbons (Fsp3) is 0.444. The largest absolute Gasteiger partial charge is 0.374 e. The van der Waals surface area contributed by atoms with E-state index in [2.05, 4.69) is 38.3 Å². The first kappa shape index (κ1) is 15.4. The maximum atomic E-state index is 5.94. The number of pyridine rings is 1. The number of aromatic nitrogens is 4. The highest BCUT2D eigenvalue weighted by molar-refractivity contribution is 5.39. The topological polar surface area (TPSA) is 47.6 Å². The maximum Gasteiger partial charge on any atom is 0.137 e. The Labute approximate surface area is 141 Å². The van der Waals surface area contributed by atoms with Crippen molar-refractivity contribution in [2.75, 3.05) is 19.7 Å². The highest BCUT2D eigenvalue weighted by Crippen LogP contribution is 2.13. The molecule has 3 aromatic rings. The molecule has 0 N–H and O–H groups in total. The van der Waals surface area contributed by atoms with Gasteiger partial charge in [-0.3, -0.25) is 9.58 Å². The van der Waals surface area contributed by atoms with Crippen molar-refractivity contribution in [3.63, 3.8) is 0 Å². The van der Waals surface area contributed by atoms with Crippen molar-refractivity contribution < 1.29 is 4.74 Å². The minimum absolute atomic E-state index is 0.175. The second-order valence-electron chi connectivity index (χ2n) is 6.54. The molecule has 0 bridgehead atoms. The van der Waals surface area contributed by atoms with Gasteiger partial charge in [0.25, 0.3) is 0 Å². The second-order valence-corrected chi connectivity index (χ2v) is 6.54. The molecule has 4 rings (SSSR count). The van der Waals surface area contributed by atoms with Gasteiger partial charge in [-0.15, -0.1) is 0 Å². The molecule has 0 radical (unpaired) electrons. The van der Waals surface area contributed by atoms with Gasteiger partial charge in [0.15, 0.2) is 0 Å². The molecule has 3 aromatic heterocycles. The standard InChI is InChI=1S/C18H23N5O/c1-14-9-15(2)23(20-14)13-17-12-21(7-8-24-17)10-16-11-22-6-4-3-5-18(22)19-16/h3-6,9,11,17H,7-8,10,12-13H2,1-2H3/t17-/m0/s1. The van der Waals surface area contributed by atoms with E-state index in [0.717, 1.165) is 49.8 Å². The molecule has 0 unspecified atom stereocenters. The predicted octanol–water partition coefficient (Wildman–Crippen LogP) is 2.05. The minimum Gasteiger partial charge on any atom is -0.374 e. The van der Waals surface area contributed by atoms with Crippen LogP contribution in [0.3, 0.4) is 0 Å². The summed E-state index contributed by atoms with van der Waals surface area (Å²) in [5, 5.41) is 4.54. The van der Waals surface area contributed by atoms with Crippen LogP contribution in [0.2, 0.25) is 0 Å². The van der Waals surface area contributed by atoms with Crippen LogP contribution in [0.25, 0.3) is 5.65 Å². The van der Waals surface area contributed by atoms with E-state index >= 15 is 0 Å². The van der Waals surface area contributed by atoms with Crippen molar-refractivity contribution in [3.8, 4) is 0 Å². The van der Waals surface area contributed by atoms with Crippen LogP contribution in [0.1, 0.15) is 17.1 Å².